The lowest BCUT2D eigenvalue weighted by Crippen LogP contribution is -2.26. The highest BCUT2D eigenvalue weighted by molar-refractivity contribution is 5.75. The molecule has 1 N–H and O–H groups in total. The highest BCUT2D eigenvalue weighted by atomic mass is 16.6. The maximum Gasteiger partial charge on any atom is 0.312 e. The molecule has 0 fully saturated rings. The van der Waals surface area contributed by atoms with Crippen LogP contribution in [0.3, 0.4) is 0 Å². The van der Waals surface area contributed by atoms with E-state index in [0.717, 1.165) is 0 Å². The lowest BCUT2D eigenvalue weighted by molar-refractivity contribution is -0.162. The molecule has 0 aliphatic rings. The Morgan fingerprint density at radius 3 is 2.73 bits per heavy atom. The van der Waals surface area contributed by atoms with E-state index in [9.17, 15) is 4.79 Å². The molecular weight excluding hydrogens is 198 g/mol. The number of carbonyl (C=O) groups is 1. The van der Waals surface area contributed by atoms with Gasteiger partial charge in [-0.05, 0) is 20.8 Å². The van der Waals surface area contributed by atoms with Crippen molar-refractivity contribution in [2.24, 2.45) is 5.41 Å². The lowest BCUT2D eigenvalue weighted by atomic mass is 9.97. The van der Waals surface area contributed by atoms with Crippen LogP contribution < -0.4 is 0 Å². The van der Waals surface area contributed by atoms with Crippen LogP contribution in [-0.4, -0.2) is 22.7 Å². The van der Waals surface area contributed by atoms with Gasteiger partial charge in [0, 0.05) is 0 Å². The van der Waals surface area contributed by atoms with Crippen molar-refractivity contribution in [3.63, 3.8) is 0 Å². The molecule has 0 radical (unpaired) electrons. The van der Waals surface area contributed by atoms with Crippen molar-refractivity contribution in [1.82, 2.24) is 4.98 Å². The summed E-state index contributed by atoms with van der Waals surface area (Å²) >= 11 is 0. The number of esters is 1. The van der Waals surface area contributed by atoms with Gasteiger partial charge >= 0.3 is 5.97 Å². The summed E-state index contributed by atoms with van der Waals surface area (Å²) < 4.78 is 10.0. The van der Waals surface area contributed by atoms with Gasteiger partial charge in [0.25, 0.3) is 0 Å². The molecular formula is C10H15NO4. The fraction of sp³-hybridized carbons (Fsp3) is 0.600. The molecule has 15 heavy (non-hydrogen) atoms. The first kappa shape index (κ1) is 11.7. The zero-order valence-corrected chi connectivity index (χ0v) is 9.06. The van der Waals surface area contributed by atoms with E-state index in [0.29, 0.717) is 5.76 Å². The van der Waals surface area contributed by atoms with E-state index in [1.165, 1.54) is 12.6 Å². The fourth-order valence-electron chi connectivity index (χ4n) is 0.876. The number of carbonyl (C=O) groups excluding carboxylic acids is 1. The average Bonchev–Trinajstić information content (AvgIpc) is 2.64. The highest BCUT2D eigenvalue weighted by Crippen LogP contribution is 2.22. The van der Waals surface area contributed by atoms with Crippen LogP contribution in [0.5, 0.6) is 0 Å². The number of aliphatic hydroxyl groups is 1. The van der Waals surface area contributed by atoms with Crippen molar-refractivity contribution in [2.75, 3.05) is 6.61 Å². The molecule has 0 saturated carbocycles. The number of oxazole rings is 1. The minimum absolute atomic E-state index is 0.322. The smallest absolute Gasteiger partial charge is 0.312 e. The molecule has 0 aliphatic carbocycles. The summed E-state index contributed by atoms with van der Waals surface area (Å²) in [6.07, 6.45) is 1.86. The molecule has 1 aromatic heterocycles. The Morgan fingerprint density at radius 1 is 1.67 bits per heavy atom. The quantitative estimate of drug-likeness (QED) is 0.766. The summed E-state index contributed by atoms with van der Waals surface area (Å²) in [5.74, 6) is -0.0481. The molecule has 0 bridgehead atoms. The zero-order valence-electron chi connectivity index (χ0n) is 9.06. The molecule has 1 heterocycles. The van der Waals surface area contributed by atoms with Gasteiger partial charge in [-0.2, -0.15) is 0 Å². The van der Waals surface area contributed by atoms with Crippen LogP contribution in [0.4, 0.5) is 0 Å². The second-order valence-corrected chi connectivity index (χ2v) is 4.23. The van der Waals surface area contributed by atoms with Crippen molar-refractivity contribution < 1.29 is 19.1 Å². The first-order valence-corrected chi connectivity index (χ1v) is 4.65. The molecule has 1 rings (SSSR count). The maximum atomic E-state index is 11.5. The van der Waals surface area contributed by atoms with Crippen LogP contribution in [-0.2, 0) is 9.53 Å². The van der Waals surface area contributed by atoms with E-state index < -0.39 is 17.5 Å². The first-order chi connectivity index (χ1) is 6.95. The standard InChI is InChI=1S/C10H15NO4/c1-10(2,3)9(13)15-8(5-12)7-4-11-6-14-7/h4,6,8,12H,5H2,1-3H3/t8-/m1/s1. The first-order valence-electron chi connectivity index (χ1n) is 4.65. The molecule has 1 atom stereocenters. The maximum absolute atomic E-state index is 11.5. The normalized spacial score (nSPS) is 13.6. The summed E-state index contributed by atoms with van der Waals surface area (Å²) in [6, 6.07) is 0. The second kappa shape index (κ2) is 4.44. The molecule has 1 aromatic rings. The minimum atomic E-state index is -0.778. The fourth-order valence-corrected chi connectivity index (χ4v) is 0.876. The molecule has 0 spiro atoms. The van der Waals surface area contributed by atoms with Crippen molar-refractivity contribution in [3.05, 3.63) is 18.4 Å². The van der Waals surface area contributed by atoms with Crippen LogP contribution in [0.2, 0.25) is 0 Å². The Kier molecular flexibility index (Phi) is 3.47. The van der Waals surface area contributed by atoms with E-state index in [2.05, 4.69) is 4.98 Å². The summed E-state index contributed by atoms with van der Waals surface area (Å²) in [5.41, 5.74) is -0.604. The molecule has 5 heteroatoms. The topological polar surface area (TPSA) is 72.6 Å². The molecule has 0 amide bonds. The van der Waals surface area contributed by atoms with Gasteiger partial charge in [0.15, 0.2) is 18.3 Å². The van der Waals surface area contributed by atoms with E-state index in [-0.39, 0.29) is 6.61 Å². The number of nitrogens with zero attached hydrogens (tertiary/aromatic N) is 1. The monoisotopic (exact) mass is 213 g/mol. The summed E-state index contributed by atoms with van der Waals surface area (Å²) in [4.78, 5) is 15.2. The Hall–Kier alpha value is -1.36. The summed E-state index contributed by atoms with van der Waals surface area (Å²) in [6.45, 7) is 4.90. The van der Waals surface area contributed by atoms with Gasteiger partial charge in [0.2, 0.25) is 0 Å². The van der Waals surface area contributed by atoms with E-state index in [4.69, 9.17) is 14.3 Å². The molecule has 84 valence electrons. The number of hydrogen-bond acceptors (Lipinski definition) is 5. The zero-order chi connectivity index (χ0) is 11.5. The van der Waals surface area contributed by atoms with Gasteiger partial charge < -0.3 is 14.3 Å². The Balaban J connectivity index is 2.67. The average molecular weight is 213 g/mol. The Labute approximate surface area is 88.1 Å². The third-order valence-corrected chi connectivity index (χ3v) is 1.80. The molecule has 0 aromatic carbocycles. The predicted molar refractivity (Wildman–Crippen MR) is 51.9 cm³/mol. The van der Waals surface area contributed by atoms with Crippen molar-refractivity contribution in [3.8, 4) is 0 Å². The van der Waals surface area contributed by atoms with Crippen molar-refractivity contribution >= 4 is 5.97 Å². The number of aliphatic hydroxyl groups excluding tert-OH is 1. The third-order valence-electron chi connectivity index (χ3n) is 1.80. The summed E-state index contributed by atoms with van der Waals surface area (Å²) in [5, 5.41) is 9.05. The minimum Gasteiger partial charge on any atom is -0.451 e. The van der Waals surface area contributed by atoms with Gasteiger partial charge in [0.05, 0.1) is 18.2 Å². The largest absolute Gasteiger partial charge is 0.451 e. The van der Waals surface area contributed by atoms with Crippen LogP contribution in [0.15, 0.2) is 17.0 Å². The van der Waals surface area contributed by atoms with Gasteiger partial charge in [-0.3, -0.25) is 4.79 Å². The second-order valence-electron chi connectivity index (χ2n) is 4.23. The van der Waals surface area contributed by atoms with Gasteiger partial charge in [-0.1, -0.05) is 0 Å². The Morgan fingerprint density at radius 2 is 2.33 bits per heavy atom. The molecule has 0 saturated heterocycles. The number of hydrogen-bond donors (Lipinski definition) is 1. The van der Waals surface area contributed by atoms with Gasteiger partial charge in [0.1, 0.15) is 0 Å². The van der Waals surface area contributed by atoms with Crippen LogP contribution >= 0.6 is 0 Å². The van der Waals surface area contributed by atoms with Crippen LogP contribution in [0, 0.1) is 5.41 Å². The van der Waals surface area contributed by atoms with Gasteiger partial charge in [-0.25, -0.2) is 4.98 Å². The van der Waals surface area contributed by atoms with Crippen molar-refractivity contribution in [1.29, 1.82) is 0 Å². The van der Waals surface area contributed by atoms with E-state index >= 15 is 0 Å². The van der Waals surface area contributed by atoms with Crippen molar-refractivity contribution in [2.45, 2.75) is 26.9 Å². The lowest BCUT2D eigenvalue weighted by Gasteiger charge is -2.20. The van der Waals surface area contributed by atoms with Gasteiger partial charge in [-0.15, -0.1) is 0 Å². The highest BCUT2D eigenvalue weighted by Gasteiger charge is 2.28. The number of ether oxygens (including phenoxy) is 1. The van der Waals surface area contributed by atoms with E-state index in [1.54, 1.807) is 20.8 Å². The Bertz CT molecular complexity index is 313. The predicted octanol–water partition coefficient (Wildman–Crippen LogP) is 1.30. The van der Waals surface area contributed by atoms with E-state index in [1.807, 2.05) is 0 Å². The number of rotatable bonds is 3. The molecule has 0 aliphatic heterocycles. The number of aromatic nitrogens is 1. The third kappa shape index (κ3) is 3.06. The van der Waals surface area contributed by atoms with Crippen LogP contribution in [0.1, 0.15) is 32.6 Å². The molecule has 0 unspecified atom stereocenters. The molecule has 5 nitrogen and oxygen atoms in total. The summed E-state index contributed by atoms with van der Waals surface area (Å²) in [7, 11) is 0. The SMILES string of the molecule is CC(C)(C)C(=O)O[C@H](CO)c1cnco1. The van der Waals surface area contributed by atoms with Crippen LogP contribution in [0.25, 0.3) is 0 Å².